The summed E-state index contributed by atoms with van der Waals surface area (Å²) in [6.07, 6.45) is 1.63. The van der Waals surface area contributed by atoms with Gasteiger partial charge in [-0.3, -0.25) is 4.98 Å². The van der Waals surface area contributed by atoms with E-state index in [1.165, 1.54) is 0 Å². The molecule has 0 bridgehead atoms. The van der Waals surface area contributed by atoms with E-state index in [0.29, 0.717) is 23.6 Å². The van der Waals surface area contributed by atoms with Crippen molar-refractivity contribution in [1.29, 1.82) is 5.26 Å². The van der Waals surface area contributed by atoms with Crippen molar-refractivity contribution in [3.05, 3.63) is 53.3 Å². The average Bonchev–Trinajstić information content (AvgIpc) is 2.41. The molecule has 0 radical (unpaired) electrons. The third kappa shape index (κ3) is 2.65. The van der Waals surface area contributed by atoms with Crippen LogP contribution in [0.25, 0.3) is 0 Å². The first kappa shape index (κ1) is 12.1. The van der Waals surface area contributed by atoms with Crippen LogP contribution in [-0.2, 0) is 6.54 Å². The third-order valence-corrected chi connectivity index (χ3v) is 2.51. The Kier molecular flexibility index (Phi) is 3.56. The largest absolute Gasteiger partial charge is 0.454 e. The normalized spacial score (nSPS) is 9.83. The Labute approximate surface area is 106 Å². The van der Waals surface area contributed by atoms with Crippen molar-refractivity contribution < 1.29 is 4.74 Å². The third-order valence-electron chi connectivity index (χ3n) is 2.51. The highest BCUT2D eigenvalue weighted by Crippen LogP contribution is 2.25. The summed E-state index contributed by atoms with van der Waals surface area (Å²) in [6.45, 7) is 2.31. The van der Waals surface area contributed by atoms with Crippen LogP contribution < -0.4 is 10.5 Å². The fourth-order valence-electron chi connectivity index (χ4n) is 1.52. The molecule has 0 aliphatic rings. The maximum atomic E-state index is 9.07. The Morgan fingerprint density at radius 1 is 1.33 bits per heavy atom. The van der Waals surface area contributed by atoms with Crippen LogP contribution in [0.2, 0.25) is 0 Å². The number of aryl methyl sites for hydroxylation is 1. The van der Waals surface area contributed by atoms with Gasteiger partial charge < -0.3 is 10.5 Å². The van der Waals surface area contributed by atoms with E-state index < -0.39 is 0 Å². The van der Waals surface area contributed by atoms with Crippen LogP contribution in [0.5, 0.6) is 11.5 Å². The average molecular weight is 239 g/mol. The lowest BCUT2D eigenvalue weighted by atomic mass is 10.1. The molecule has 0 amide bonds. The van der Waals surface area contributed by atoms with Crippen molar-refractivity contribution in [1.82, 2.24) is 4.98 Å². The maximum absolute atomic E-state index is 9.07. The first-order chi connectivity index (χ1) is 8.72. The maximum Gasteiger partial charge on any atom is 0.145 e. The van der Waals surface area contributed by atoms with Gasteiger partial charge in [-0.2, -0.15) is 5.26 Å². The number of pyridine rings is 1. The molecule has 2 N–H and O–H groups in total. The molecule has 0 aliphatic carbocycles. The van der Waals surface area contributed by atoms with Crippen molar-refractivity contribution in [2.24, 2.45) is 5.73 Å². The van der Waals surface area contributed by atoms with Gasteiger partial charge in [0.1, 0.15) is 17.6 Å². The van der Waals surface area contributed by atoms with Gasteiger partial charge >= 0.3 is 0 Å². The summed E-state index contributed by atoms with van der Waals surface area (Å²) in [6, 6.07) is 11.1. The van der Waals surface area contributed by atoms with E-state index in [4.69, 9.17) is 15.7 Å². The molecule has 0 fully saturated rings. The molecular formula is C14H13N3O. The fourth-order valence-corrected chi connectivity index (χ4v) is 1.52. The number of rotatable bonds is 3. The molecule has 0 unspecified atom stereocenters. The first-order valence-electron chi connectivity index (χ1n) is 5.56. The van der Waals surface area contributed by atoms with Gasteiger partial charge in [-0.05, 0) is 36.8 Å². The minimum atomic E-state index is 0.404. The van der Waals surface area contributed by atoms with E-state index in [2.05, 4.69) is 11.1 Å². The predicted molar refractivity (Wildman–Crippen MR) is 68.1 cm³/mol. The number of ether oxygens (including phenoxy) is 1. The number of hydrogen-bond acceptors (Lipinski definition) is 4. The molecule has 0 atom stereocenters. The fraction of sp³-hybridized carbons (Fsp3) is 0.143. The van der Waals surface area contributed by atoms with Gasteiger partial charge in [0.25, 0.3) is 0 Å². The number of hydrogen-bond donors (Lipinski definition) is 1. The molecule has 4 heteroatoms. The Hall–Kier alpha value is -2.38. The summed E-state index contributed by atoms with van der Waals surface area (Å²) in [4.78, 5) is 4.14. The van der Waals surface area contributed by atoms with Crippen LogP contribution in [0.4, 0.5) is 0 Å². The summed E-state index contributed by atoms with van der Waals surface area (Å²) in [7, 11) is 0. The topological polar surface area (TPSA) is 71.9 Å². The van der Waals surface area contributed by atoms with Crippen LogP contribution in [0, 0.1) is 18.3 Å². The lowest BCUT2D eigenvalue weighted by Gasteiger charge is -2.08. The van der Waals surface area contributed by atoms with Crippen molar-refractivity contribution in [2.45, 2.75) is 13.5 Å². The van der Waals surface area contributed by atoms with E-state index in [1.54, 1.807) is 18.3 Å². The summed E-state index contributed by atoms with van der Waals surface area (Å²) < 4.78 is 5.63. The monoisotopic (exact) mass is 239 g/mol. The zero-order valence-corrected chi connectivity index (χ0v) is 10.1. The molecule has 18 heavy (non-hydrogen) atoms. The minimum Gasteiger partial charge on any atom is -0.454 e. The molecule has 1 aromatic heterocycles. The number of benzene rings is 1. The second-order valence-corrected chi connectivity index (χ2v) is 3.88. The highest BCUT2D eigenvalue weighted by atomic mass is 16.5. The van der Waals surface area contributed by atoms with Gasteiger partial charge in [0, 0.05) is 12.2 Å². The van der Waals surface area contributed by atoms with Crippen molar-refractivity contribution in [2.75, 3.05) is 0 Å². The first-order valence-corrected chi connectivity index (χ1v) is 5.56. The molecule has 2 rings (SSSR count). The second-order valence-electron chi connectivity index (χ2n) is 3.88. The second kappa shape index (κ2) is 5.30. The highest BCUT2D eigenvalue weighted by Gasteiger charge is 2.05. The van der Waals surface area contributed by atoms with Gasteiger partial charge in [-0.25, -0.2) is 0 Å². The lowest BCUT2D eigenvalue weighted by Crippen LogP contribution is -1.97. The summed E-state index contributed by atoms with van der Waals surface area (Å²) in [5, 5.41) is 9.07. The molecule has 0 aliphatic heterocycles. The number of aromatic nitrogens is 1. The molecule has 0 spiro atoms. The Morgan fingerprint density at radius 3 is 2.78 bits per heavy atom. The Bertz CT molecular complexity index is 585. The molecular weight excluding hydrogens is 226 g/mol. The van der Waals surface area contributed by atoms with Crippen molar-refractivity contribution in [3.8, 4) is 17.6 Å². The molecule has 0 saturated heterocycles. The van der Waals surface area contributed by atoms with E-state index in [0.717, 1.165) is 11.3 Å². The van der Waals surface area contributed by atoms with Crippen LogP contribution in [0.3, 0.4) is 0 Å². The Balaban J connectivity index is 2.29. The standard InChI is InChI=1S/C14H13N3O/c1-10-2-4-13(9-17-10)18-14-5-3-11(7-15)6-12(14)8-16/h2-6,9H,7,15H2,1H3. The minimum absolute atomic E-state index is 0.404. The smallest absolute Gasteiger partial charge is 0.145 e. The van der Waals surface area contributed by atoms with Crippen LogP contribution in [-0.4, -0.2) is 4.98 Å². The summed E-state index contributed by atoms with van der Waals surface area (Å²) in [5.74, 6) is 1.12. The highest BCUT2D eigenvalue weighted by molar-refractivity contribution is 5.47. The molecule has 90 valence electrons. The van der Waals surface area contributed by atoms with Gasteiger partial charge in [0.2, 0.25) is 0 Å². The summed E-state index contributed by atoms with van der Waals surface area (Å²) in [5.41, 5.74) is 7.82. The van der Waals surface area contributed by atoms with Gasteiger partial charge in [0.05, 0.1) is 11.8 Å². The quantitative estimate of drug-likeness (QED) is 0.893. The number of nitrogens with two attached hydrogens (primary N) is 1. The summed E-state index contributed by atoms with van der Waals surface area (Å²) >= 11 is 0. The van der Waals surface area contributed by atoms with Gasteiger partial charge in [-0.1, -0.05) is 6.07 Å². The van der Waals surface area contributed by atoms with Gasteiger partial charge in [-0.15, -0.1) is 0 Å². The van der Waals surface area contributed by atoms with E-state index in [9.17, 15) is 0 Å². The van der Waals surface area contributed by atoms with E-state index in [1.807, 2.05) is 25.1 Å². The SMILES string of the molecule is Cc1ccc(Oc2ccc(CN)cc2C#N)cn1. The number of nitrogens with zero attached hydrogens (tertiary/aromatic N) is 2. The van der Waals surface area contributed by atoms with Crippen LogP contribution in [0.1, 0.15) is 16.8 Å². The molecule has 0 saturated carbocycles. The molecule has 1 aromatic carbocycles. The molecule has 2 aromatic rings. The molecule has 1 heterocycles. The predicted octanol–water partition coefficient (Wildman–Crippen LogP) is 2.51. The zero-order valence-electron chi connectivity index (χ0n) is 10.1. The lowest BCUT2D eigenvalue weighted by molar-refractivity contribution is 0.478. The Morgan fingerprint density at radius 2 is 2.17 bits per heavy atom. The molecule has 4 nitrogen and oxygen atoms in total. The van der Waals surface area contributed by atoms with Crippen molar-refractivity contribution >= 4 is 0 Å². The van der Waals surface area contributed by atoms with Gasteiger partial charge in [0.15, 0.2) is 0 Å². The van der Waals surface area contributed by atoms with Crippen LogP contribution in [0.15, 0.2) is 36.5 Å². The van der Waals surface area contributed by atoms with E-state index >= 15 is 0 Å². The van der Waals surface area contributed by atoms with Crippen LogP contribution >= 0.6 is 0 Å². The zero-order chi connectivity index (χ0) is 13.0. The number of nitriles is 1. The van der Waals surface area contributed by atoms with Crippen molar-refractivity contribution in [3.63, 3.8) is 0 Å². The van der Waals surface area contributed by atoms with E-state index in [-0.39, 0.29) is 0 Å².